The maximum atomic E-state index is 13.4. The van der Waals surface area contributed by atoms with Gasteiger partial charge in [0.05, 0.1) is 18.0 Å². The van der Waals surface area contributed by atoms with Crippen LogP contribution in [0.5, 0.6) is 5.75 Å². The first-order valence-electron chi connectivity index (χ1n) is 10.2. The molecule has 1 atom stereocenters. The van der Waals surface area contributed by atoms with Gasteiger partial charge >= 0.3 is 0 Å². The molecular weight excluding hydrogens is 424 g/mol. The van der Waals surface area contributed by atoms with E-state index in [9.17, 15) is 4.79 Å². The predicted octanol–water partition coefficient (Wildman–Crippen LogP) is 5.24. The molecule has 0 radical (unpaired) electrons. The average molecular weight is 449 g/mol. The maximum Gasteiger partial charge on any atom is 0.283 e. The normalized spacial score (nSPS) is 15.9. The van der Waals surface area contributed by atoms with Crippen LogP contribution < -0.4 is 9.64 Å². The minimum atomic E-state index is -0.178. The van der Waals surface area contributed by atoms with Crippen molar-refractivity contribution in [3.05, 3.63) is 76.6 Å². The third-order valence-electron chi connectivity index (χ3n) is 4.89. The number of amides is 1. The number of carbonyl (C=O) groups is 1. The number of hydrogen-bond acceptors (Lipinski definition) is 7. The molecule has 0 N–H and O–H groups in total. The average Bonchev–Trinajstić information content (AvgIpc) is 3.31. The van der Waals surface area contributed by atoms with Gasteiger partial charge in [-0.1, -0.05) is 30.0 Å². The van der Waals surface area contributed by atoms with Gasteiger partial charge in [0.15, 0.2) is 5.17 Å². The smallest absolute Gasteiger partial charge is 0.283 e. The Bertz CT molecular complexity index is 1190. The maximum absolute atomic E-state index is 13.4. The standard InChI is InChI=1S/C24H24N4O3S/c1-14-10-15(2)12-19(11-14)28-23(29)21(13-18-6-8-20(30-5)9-7-18)25-24(28)32-16(3)22-27-26-17(4)31-22/h6-13,16H,1-5H3/b21-13-. The molecule has 1 amide bonds. The summed E-state index contributed by atoms with van der Waals surface area (Å²) in [6.07, 6.45) is 1.78. The van der Waals surface area contributed by atoms with Crippen molar-refractivity contribution in [1.82, 2.24) is 10.2 Å². The molecule has 3 aromatic rings. The molecule has 0 aliphatic carbocycles. The van der Waals surface area contributed by atoms with Crippen molar-refractivity contribution in [3.63, 3.8) is 0 Å². The molecule has 8 heteroatoms. The first-order valence-corrected chi connectivity index (χ1v) is 11.1. The molecule has 2 aromatic carbocycles. The van der Waals surface area contributed by atoms with Crippen molar-refractivity contribution in [2.24, 2.45) is 4.99 Å². The van der Waals surface area contributed by atoms with Crippen LogP contribution in [0, 0.1) is 20.8 Å². The van der Waals surface area contributed by atoms with Gasteiger partial charge in [-0.2, -0.15) is 0 Å². The molecule has 1 aliphatic rings. The van der Waals surface area contributed by atoms with Crippen LogP contribution in [0.15, 0.2) is 57.6 Å². The number of methoxy groups -OCH3 is 1. The fraction of sp³-hybridized carbons (Fsp3) is 0.250. The van der Waals surface area contributed by atoms with E-state index in [1.807, 2.05) is 57.2 Å². The van der Waals surface area contributed by atoms with Crippen LogP contribution in [-0.4, -0.2) is 28.4 Å². The monoisotopic (exact) mass is 448 g/mol. The minimum Gasteiger partial charge on any atom is -0.497 e. The van der Waals surface area contributed by atoms with E-state index >= 15 is 0 Å². The molecule has 1 aliphatic heterocycles. The third-order valence-corrected chi connectivity index (χ3v) is 5.92. The third kappa shape index (κ3) is 4.60. The van der Waals surface area contributed by atoms with Crippen LogP contribution in [0.4, 0.5) is 5.69 Å². The molecule has 0 spiro atoms. The number of aryl methyl sites for hydroxylation is 3. The molecule has 164 valence electrons. The summed E-state index contributed by atoms with van der Waals surface area (Å²) in [6, 6.07) is 13.5. The Morgan fingerprint density at radius 3 is 2.34 bits per heavy atom. The zero-order valence-corrected chi connectivity index (χ0v) is 19.4. The molecule has 4 rings (SSSR count). The number of anilines is 1. The Kier molecular flexibility index (Phi) is 6.14. The molecule has 32 heavy (non-hydrogen) atoms. The molecule has 0 saturated carbocycles. The number of amidine groups is 1. The molecule has 0 bridgehead atoms. The Labute approximate surface area is 191 Å². The Hall–Kier alpha value is -3.39. The lowest BCUT2D eigenvalue weighted by Gasteiger charge is -2.20. The summed E-state index contributed by atoms with van der Waals surface area (Å²) in [5.41, 5.74) is 4.16. The zero-order valence-electron chi connectivity index (χ0n) is 18.6. The van der Waals surface area contributed by atoms with Crippen molar-refractivity contribution in [1.29, 1.82) is 0 Å². The van der Waals surface area contributed by atoms with E-state index in [2.05, 4.69) is 16.3 Å². The second-order valence-electron chi connectivity index (χ2n) is 7.60. The zero-order chi connectivity index (χ0) is 22.8. The highest BCUT2D eigenvalue weighted by atomic mass is 32.2. The second-order valence-corrected chi connectivity index (χ2v) is 8.91. The van der Waals surface area contributed by atoms with Gasteiger partial charge < -0.3 is 9.15 Å². The Balaban J connectivity index is 1.72. The van der Waals surface area contributed by atoms with Gasteiger partial charge in [0, 0.05) is 6.92 Å². The van der Waals surface area contributed by atoms with Crippen molar-refractivity contribution in [3.8, 4) is 5.75 Å². The lowest BCUT2D eigenvalue weighted by molar-refractivity contribution is -0.113. The van der Waals surface area contributed by atoms with E-state index in [-0.39, 0.29) is 11.2 Å². The molecule has 2 heterocycles. The second kappa shape index (κ2) is 9.00. The number of aromatic nitrogens is 2. The van der Waals surface area contributed by atoms with E-state index in [0.717, 1.165) is 28.1 Å². The highest BCUT2D eigenvalue weighted by Crippen LogP contribution is 2.36. The number of aliphatic imine (C=N–C) groups is 1. The largest absolute Gasteiger partial charge is 0.497 e. The number of ether oxygens (including phenoxy) is 1. The highest BCUT2D eigenvalue weighted by molar-refractivity contribution is 8.14. The van der Waals surface area contributed by atoms with Crippen LogP contribution in [0.25, 0.3) is 6.08 Å². The summed E-state index contributed by atoms with van der Waals surface area (Å²) in [7, 11) is 1.62. The van der Waals surface area contributed by atoms with Gasteiger partial charge in [0.25, 0.3) is 5.91 Å². The Morgan fingerprint density at radius 1 is 1.06 bits per heavy atom. The van der Waals surface area contributed by atoms with Gasteiger partial charge in [0.2, 0.25) is 11.8 Å². The van der Waals surface area contributed by atoms with Crippen molar-refractivity contribution < 1.29 is 13.9 Å². The van der Waals surface area contributed by atoms with Crippen LogP contribution in [0.3, 0.4) is 0 Å². The number of thioether (sulfide) groups is 1. The summed E-state index contributed by atoms with van der Waals surface area (Å²) in [5, 5.41) is 8.43. The number of carbonyl (C=O) groups excluding carboxylic acids is 1. The van der Waals surface area contributed by atoms with Gasteiger partial charge in [-0.05, 0) is 67.8 Å². The first-order chi connectivity index (χ1) is 15.3. The van der Waals surface area contributed by atoms with E-state index < -0.39 is 0 Å². The summed E-state index contributed by atoms with van der Waals surface area (Å²) in [6.45, 7) is 7.73. The molecule has 0 fully saturated rings. The van der Waals surface area contributed by atoms with Crippen LogP contribution in [0.2, 0.25) is 0 Å². The molecule has 0 saturated heterocycles. The van der Waals surface area contributed by atoms with Crippen LogP contribution >= 0.6 is 11.8 Å². The first kappa shape index (κ1) is 21.8. The van der Waals surface area contributed by atoms with Gasteiger partial charge in [-0.25, -0.2) is 4.99 Å². The van der Waals surface area contributed by atoms with Crippen molar-refractivity contribution in [2.45, 2.75) is 32.9 Å². The molecular formula is C24H24N4O3S. The summed E-state index contributed by atoms with van der Waals surface area (Å²) >= 11 is 1.41. The summed E-state index contributed by atoms with van der Waals surface area (Å²) in [4.78, 5) is 19.8. The highest BCUT2D eigenvalue weighted by Gasteiger charge is 2.34. The number of hydrogen-bond donors (Lipinski definition) is 0. The molecule has 7 nitrogen and oxygen atoms in total. The number of nitrogens with zero attached hydrogens (tertiary/aromatic N) is 4. The van der Waals surface area contributed by atoms with Crippen LogP contribution in [-0.2, 0) is 4.79 Å². The fourth-order valence-corrected chi connectivity index (χ4v) is 4.38. The topological polar surface area (TPSA) is 80.8 Å². The van der Waals surface area contributed by atoms with Gasteiger partial charge in [0.1, 0.15) is 11.4 Å². The predicted molar refractivity (Wildman–Crippen MR) is 127 cm³/mol. The van der Waals surface area contributed by atoms with Crippen molar-refractivity contribution in [2.75, 3.05) is 12.0 Å². The van der Waals surface area contributed by atoms with Gasteiger partial charge in [-0.15, -0.1) is 10.2 Å². The van der Waals surface area contributed by atoms with E-state index in [0.29, 0.717) is 22.6 Å². The fourth-order valence-electron chi connectivity index (χ4n) is 3.43. The molecule has 1 aromatic heterocycles. The molecule has 1 unspecified atom stereocenters. The van der Waals surface area contributed by atoms with Crippen molar-refractivity contribution >= 4 is 34.6 Å². The van der Waals surface area contributed by atoms with E-state index in [1.54, 1.807) is 25.0 Å². The van der Waals surface area contributed by atoms with Gasteiger partial charge in [-0.3, -0.25) is 9.69 Å². The SMILES string of the molecule is COc1ccc(/C=C2\N=C(SC(C)c3nnc(C)o3)N(c3cc(C)cc(C)c3)C2=O)cc1. The van der Waals surface area contributed by atoms with E-state index in [1.165, 1.54) is 11.8 Å². The summed E-state index contributed by atoms with van der Waals surface area (Å²) < 4.78 is 10.8. The van der Waals surface area contributed by atoms with E-state index in [4.69, 9.17) is 14.1 Å². The number of rotatable bonds is 5. The lowest BCUT2D eigenvalue weighted by Crippen LogP contribution is -2.30. The Morgan fingerprint density at radius 2 is 1.75 bits per heavy atom. The summed E-state index contributed by atoms with van der Waals surface area (Å²) in [5.74, 6) is 1.58. The lowest BCUT2D eigenvalue weighted by atomic mass is 10.1. The number of benzene rings is 2. The quantitative estimate of drug-likeness (QED) is 0.497. The minimum absolute atomic E-state index is 0.170. The van der Waals surface area contributed by atoms with Crippen LogP contribution in [0.1, 0.15) is 40.6 Å².